The molecule has 0 aliphatic heterocycles. The Morgan fingerprint density at radius 3 is 2.53 bits per heavy atom. The highest BCUT2D eigenvalue weighted by atomic mass is 32.2. The Balaban J connectivity index is 1.47. The molecule has 2 aromatic heterocycles. The van der Waals surface area contributed by atoms with Crippen molar-refractivity contribution in [3.8, 4) is 0 Å². The van der Waals surface area contributed by atoms with Crippen LogP contribution in [0.2, 0.25) is 0 Å². The van der Waals surface area contributed by atoms with Gasteiger partial charge in [-0.3, -0.25) is 4.79 Å². The number of aromatic nitrogens is 3. The molecule has 0 spiro atoms. The SMILES string of the molecule is C=CCn1c(SCC(=O)Nc2sc(C(=O)OCC)c(C)c2C(=O)OCC)nnc1C1CC1c1ccccc1. The molecule has 200 valence electrons. The van der Waals surface area contributed by atoms with Gasteiger partial charge in [-0.2, -0.15) is 0 Å². The zero-order chi connectivity index (χ0) is 27.2. The summed E-state index contributed by atoms with van der Waals surface area (Å²) in [5, 5.41) is 12.4. The first kappa shape index (κ1) is 27.6. The number of esters is 2. The highest BCUT2D eigenvalue weighted by molar-refractivity contribution is 7.99. The van der Waals surface area contributed by atoms with Crippen molar-refractivity contribution in [3.63, 3.8) is 0 Å². The van der Waals surface area contributed by atoms with E-state index in [4.69, 9.17) is 9.47 Å². The van der Waals surface area contributed by atoms with Gasteiger partial charge in [0.2, 0.25) is 5.91 Å². The third-order valence-electron chi connectivity index (χ3n) is 6.08. The van der Waals surface area contributed by atoms with Crippen LogP contribution in [0.5, 0.6) is 0 Å². The maximum atomic E-state index is 12.9. The molecule has 1 fully saturated rings. The summed E-state index contributed by atoms with van der Waals surface area (Å²) >= 11 is 2.25. The van der Waals surface area contributed by atoms with E-state index < -0.39 is 11.9 Å². The summed E-state index contributed by atoms with van der Waals surface area (Å²) in [5.74, 6) is 0.106. The van der Waals surface area contributed by atoms with Crippen molar-refractivity contribution in [2.45, 2.75) is 50.7 Å². The van der Waals surface area contributed by atoms with Gasteiger partial charge in [-0.1, -0.05) is 48.2 Å². The van der Waals surface area contributed by atoms with Crippen LogP contribution in [0, 0.1) is 6.92 Å². The summed E-state index contributed by atoms with van der Waals surface area (Å²) in [7, 11) is 0. The average molecular weight is 555 g/mol. The lowest BCUT2D eigenvalue weighted by Crippen LogP contribution is -2.17. The van der Waals surface area contributed by atoms with Crippen LogP contribution in [0.4, 0.5) is 5.00 Å². The van der Waals surface area contributed by atoms with Crippen molar-refractivity contribution in [1.82, 2.24) is 14.8 Å². The van der Waals surface area contributed by atoms with Gasteiger partial charge in [0.1, 0.15) is 15.7 Å². The number of ether oxygens (including phenoxy) is 2. The van der Waals surface area contributed by atoms with Crippen molar-refractivity contribution >= 4 is 45.9 Å². The number of carbonyl (C=O) groups excluding carboxylic acids is 3. The molecular formula is C27H30N4O5S2. The Bertz CT molecular complexity index is 1330. The predicted molar refractivity (Wildman–Crippen MR) is 147 cm³/mol. The third-order valence-corrected chi connectivity index (χ3v) is 8.23. The lowest BCUT2D eigenvalue weighted by molar-refractivity contribution is -0.113. The maximum Gasteiger partial charge on any atom is 0.348 e. The van der Waals surface area contributed by atoms with Gasteiger partial charge in [-0.15, -0.1) is 28.1 Å². The van der Waals surface area contributed by atoms with Gasteiger partial charge in [0.25, 0.3) is 0 Å². The fraction of sp³-hybridized carbons (Fsp3) is 0.370. The number of thiophene rings is 1. The van der Waals surface area contributed by atoms with E-state index in [9.17, 15) is 14.4 Å². The summed E-state index contributed by atoms with van der Waals surface area (Å²) in [6.45, 7) is 9.79. The number of nitrogens with zero attached hydrogens (tertiary/aromatic N) is 3. The van der Waals surface area contributed by atoms with Crippen LogP contribution >= 0.6 is 23.1 Å². The molecule has 1 aliphatic carbocycles. The van der Waals surface area contributed by atoms with Crippen molar-refractivity contribution < 1.29 is 23.9 Å². The maximum absolute atomic E-state index is 12.9. The lowest BCUT2D eigenvalue weighted by atomic mass is 10.1. The summed E-state index contributed by atoms with van der Waals surface area (Å²) in [5.41, 5.74) is 1.86. The molecule has 38 heavy (non-hydrogen) atoms. The van der Waals surface area contributed by atoms with E-state index in [-0.39, 0.29) is 46.2 Å². The zero-order valence-corrected chi connectivity index (χ0v) is 23.2. The van der Waals surface area contributed by atoms with E-state index in [1.807, 2.05) is 22.8 Å². The van der Waals surface area contributed by atoms with E-state index in [1.165, 1.54) is 17.3 Å². The highest BCUT2D eigenvalue weighted by Crippen LogP contribution is 2.54. The number of carbonyl (C=O) groups is 3. The first-order chi connectivity index (χ1) is 18.4. The molecule has 2 heterocycles. The van der Waals surface area contributed by atoms with Gasteiger partial charge in [-0.05, 0) is 44.2 Å². The molecule has 3 aromatic rings. The monoisotopic (exact) mass is 554 g/mol. The average Bonchev–Trinajstić information content (AvgIpc) is 3.49. The van der Waals surface area contributed by atoms with Crippen LogP contribution in [-0.4, -0.2) is 51.6 Å². The molecule has 0 bridgehead atoms. The first-order valence-corrected chi connectivity index (χ1v) is 14.2. The summed E-state index contributed by atoms with van der Waals surface area (Å²) in [6.07, 6.45) is 2.79. The summed E-state index contributed by atoms with van der Waals surface area (Å²) in [4.78, 5) is 38.2. The topological polar surface area (TPSA) is 112 Å². The standard InChI is InChI=1S/C27H30N4O5S2/c1-5-13-31-23(19-14-18(19)17-11-9-8-10-12-17)29-30-27(31)37-15-20(32)28-24-21(25(33)35-6-2)16(4)22(38-24)26(34)36-7-3/h5,8-12,18-19H,1,6-7,13-15H2,2-4H3,(H,28,32). The van der Waals surface area contributed by atoms with E-state index in [0.29, 0.717) is 23.2 Å². The number of allylic oxidation sites excluding steroid dienone is 1. The Kier molecular flexibility index (Phi) is 9.01. The molecule has 11 heteroatoms. The number of nitrogens with one attached hydrogen (secondary N) is 1. The van der Waals surface area contributed by atoms with Gasteiger partial charge in [0, 0.05) is 12.5 Å². The van der Waals surface area contributed by atoms with Crippen LogP contribution in [0.3, 0.4) is 0 Å². The second-order valence-electron chi connectivity index (χ2n) is 8.64. The number of hydrogen-bond acceptors (Lipinski definition) is 9. The minimum absolute atomic E-state index is 0.0377. The largest absolute Gasteiger partial charge is 0.462 e. The molecule has 1 N–H and O–H groups in total. The molecule has 4 rings (SSSR count). The molecule has 1 aromatic carbocycles. The van der Waals surface area contributed by atoms with Crippen LogP contribution in [0.25, 0.3) is 0 Å². The molecule has 0 radical (unpaired) electrons. The van der Waals surface area contributed by atoms with E-state index in [0.717, 1.165) is 23.6 Å². The van der Waals surface area contributed by atoms with Crippen molar-refractivity contribution in [2.75, 3.05) is 24.3 Å². The van der Waals surface area contributed by atoms with Gasteiger partial charge in [0.05, 0.1) is 24.5 Å². The van der Waals surface area contributed by atoms with Crippen molar-refractivity contribution in [3.05, 3.63) is 70.4 Å². The second kappa shape index (κ2) is 12.4. The van der Waals surface area contributed by atoms with Crippen LogP contribution in [0.15, 0.2) is 48.1 Å². The summed E-state index contributed by atoms with van der Waals surface area (Å²) < 4.78 is 12.3. The minimum Gasteiger partial charge on any atom is -0.462 e. The molecule has 1 saturated carbocycles. The quantitative estimate of drug-likeness (QED) is 0.185. The van der Waals surface area contributed by atoms with Crippen molar-refractivity contribution in [2.24, 2.45) is 0 Å². The van der Waals surface area contributed by atoms with Gasteiger partial charge in [-0.25, -0.2) is 9.59 Å². The van der Waals surface area contributed by atoms with Gasteiger partial charge >= 0.3 is 11.9 Å². The number of hydrogen-bond donors (Lipinski definition) is 1. The first-order valence-electron chi connectivity index (χ1n) is 12.4. The smallest absolute Gasteiger partial charge is 0.348 e. The predicted octanol–water partition coefficient (Wildman–Crippen LogP) is 5.19. The number of anilines is 1. The Labute approximate surface area is 229 Å². The lowest BCUT2D eigenvalue weighted by Gasteiger charge is -2.09. The normalized spacial score (nSPS) is 16.1. The minimum atomic E-state index is -0.604. The van der Waals surface area contributed by atoms with E-state index in [2.05, 4.69) is 34.2 Å². The fourth-order valence-corrected chi connectivity index (χ4v) is 6.13. The Hall–Kier alpha value is -3.44. The fourth-order valence-electron chi connectivity index (χ4n) is 4.27. The Morgan fingerprint density at radius 2 is 1.84 bits per heavy atom. The molecule has 9 nitrogen and oxygen atoms in total. The van der Waals surface area contributed by atoms with E-state index >= 15 is 0 Å². The van der Waals surface area contributed by atoms with Crippen LogP contribution < -0.4 is 5.32 Å². The number of thioether (sulfide) groups is 1. The number of rotatable bonds is 12. The molecule has 0 saturated heterocycles. The molecule has 1 amide bonds. The zero-order valence-electron chi connectivity index (χ0n) is 21.6. The summed E-state index contributed by atoms with van der Waals surface area (Å²) in [6, 6.07) is 10.3. The Morgan fingerprint density at radius 1 is 1.13 bits per heavy atom. The number of benzene rings is 1. The molecule has 1 aliphatic rings. The molecule has 2 atom stereocenters. The second-order valence-corrected chi connectivity index (χ2v) is 10.6. The van der Waals surface area contributed by atoms with Gasteiger partial charge in [0.15, 0.2) is 5.16 Å². The van der Waals surface area contributed by atoms with Gasteiger partial charge < -0.3 is 19.4 Å². The highest BCUT2D eigenvalue weighted by Gasteiger charge is 2.43. The van der Waals surface area contributed by atoms with Crippen molar-refractivity contribution in [1.29, 1.82) is 0 Å². The van der Waals surface area contributed by atoms with E-state index in [1.54, 1.807) is 26.8 Å². The number of amides is 1. The third kappa shape index (κ3) is 5.99. The molecular weight excluding hydrogens is 524 g/mol. The van der Waals surface area contributed by atoms with Crippen LogP contribution in [-0.2, 0) is 20.8 Å². The van der Waals surface area contributed by atoms with Crippen LogP contribution in [0.1, 0.15) is 69.1 Å². The molecule has 2 unspecified atom stereocenters.